The monoisotopic (exact) mass is 320 g/mol. The fourth-order valence-electron chi connectivity index (χ4n) is 3.89. The smallest absolute Gasteiger partial charge is 0.166 e. The minimum atomic E-state index is -0.108. The molecule has 2 aliphatic carbocycles. The third kappa shape index (κ3) is 3.70. The minimum Gasteiger partial charge on any atom is -0.508 e. The molecule has 2 saturated carbocycles. The van der Waals surface area contributed by atoms with Crippen molar-refractivity contribution >= 4 is 17.3 Å². The lowest BCUT2D eigenvalue weighted by Crippen LogP contribution is -2.49. The van der Waals surface area contributed by atoms with Gasteiger partial charge in [0.2, 0.25) is 0 Å². The summed E-state index contributed by atoms with van der Waals surface area (Å²) in [5.41, 5.74) is 1.06. The van der Waals surface area contributed by atoms with Crippen molar-refractivity contribution in [2.24, 2.45) is 11.8 Å². The molecule has 2 aliphatic rings. The molecule has 0 aliphatic heterocycles. The number of nitrogens with one attached hydrogen (secondary N) is 2. The van der Waals surface area contributed by atoms with Crippen LogP contribution >= 0.6 is 12.2 Å². The summed E-state index contributed by atoms with van der Waals surface area (Å²) in [5.74, 6) is 1.91. The van der Waals surface area contributed by atoms with Gasteiger partial charge in [0.05, 0.1) is 12.6 Å². The molecule has 1 aromatic rings. The number of phenols is 1. The Kier molecular flexibility index (Phi) is 4.84. The van der Waals surface area contributed by atoms with Crippen molar-refractivity contribution < 1.29 is 10.2 Å². The van der Waals surface area contributed by atoms with Gasteiger partial charge in [-0.15, -0.1) is 0 Å². The van der Waals surface area contributed by atoms with Crippen LogP contribution in [0.15, 0.2) is 24.3 Å². The summed E-state index contributed by atoms with van der Waals surface area (Å²) < 4.78 is 0. The molecule has 0 radical (unpaired) electrons. The van der Waals surface area contributed by atoms with E-state index in [4.69, 9.17) is 12.2 Å². The molecule has 4 nitrogen and oxygen atoms in total. The lowest BCUT2D eigenvalue weighted by atomic mass is 9.95. The highest BCUT2D eigenvalue weighted by Crippen LogP contribution is 2.44. The van der Waals surface area contributed by atoms with Crippen LogP contribution in [-0.4, -0.2) is 34.0 Å². The maximum Gasteiger partial charge on any atom is 0.166 e. The number of benzene rings is 1. The van der Waals surface area contributed by atoms with E-state index in [1.165, 1.54) is 25.7 Å². The van der Waals surface area contributed by atoms with Crippen molar-refractivity contribution in [2.45, 2.75) is 44.2 Å². The molecule has 0 heterocycles. The molecule has 0 unspecified atom stereocenters. The minimum absolute atomic E-state index is 0.0272. The van der Waals surface area contributed by atoms with Crippen LogP contribution < -0.4 is 10.6 Å². The standard InChI is InChI=1S/C17H24N2O2S/c20-10-14(8-11-2-5-15(21)6-3-11)18-17(22)19-16-9-12-1-4-13(16)7-12/h2-3,5-6,12-14,16,20-21H,1,4,7-10H2,(H2,18,19,22)/t12-,13-,14-,16-/m0/s1. The van der Waals surface area contributed by atoms with Gasteiger partial charge in [-0.1, -0.05) is 18.6 Å². The maximum atomic E-state index is 9.56. The highest BCUT2D eigenvalue weighted by atomic mass is 32.1. The molecule has 22 heavy (non-hydrogen) atoms. The molecule has 120 valence electrons. The van der Waals surface area contributed by atoms with Crippen LogP contribution in [0, 0.1) is 11.8 Å². The number of aliphatic hydroxyl groups excluding tert-OH is 1. The van der Waals surface area contributed by atoms with E-state index in [-0.39, 0.29) is 18.4 Å². The van der Waals surface area contributed by atoms with Gasteiger partial charge in [0.25, 0.3) is 0 Å². The molecule has 2 fully saturated rings. The van der Waals surface area contributed by atoms with Gasteiger partial charge in [-0.3, -0.25) is 0 Å². The fourth-order valence-corrected chi connectivity index (χ4v) is 4.21. The quantitative estimate of drug-likeness (QED) is 0.625. The second-order valence-electron chi connectivity index (χ2n) is 6.65. The number of phenolic OH excluding ortho intramolecular Hbond substituents is 1. The Hall–Kier alpha value is -1.33. The zero-order valence-corrected chi connectivity index (χ0v) is 13.5. The molecule has 0 aromatic heterocycles. The van der Waals surface area contributed by atoms with E-state index in [9.17, 15) is 10.2 Å². The molecule has 5 heteroatoms. The molecule has 4 N–H and O–H groups in total. The maximum absolute atomic E-state index is 9.56. The molecule has 0 saturated heterocycles. The van der Waals surface area contributed by atoms with Gasteiger partial charge < -0.3 is 20.8 Å². The molecule has 4 atom stereocenters. The molecular weight excluding hydrogens is 296 g/mol. The van der Waals surface area contributed by atoms with Gasteiger partial charge in [0.1, 0.15) is 5.75 Å². The van der Waals surface area contributed by atoms with Crippen molar-refractivity contribution in [3.05, 3.63) is 29.8 Å². The van der Waals surface area contributed by atoms with Gasteiger partial charge in [0.15, 0.2) is 5.11 Å². The van der Waals surface area contributed by atoms with Gasteiger partial charge in [-0.25, -0.2) is 0 Å². The number of aliphatic hydroxyl groups is 1. The topological polar surface area (TPSA) is 64.5 Å². The Morgan fingerprint density at radius 1 is 1.23 bits per heavy atom. The Bertz CT molecular complexity index is 520. The van der Waals surface area contributed by atoms with E-state index in [1.54, 1.807) is 12.1 Å². The average molecular weight is 320 g/mol. The fraction of sp³-hybridized carbons (Fsp3) is 0.588. The Balaban J connectivity index is 1.49. The second kappa shape index (κ2) is 6.84. The lowest BCUT2D eigenvalue weighted by molar-refractivity contribution is 0.254. The summed E-state index contributed by atoms with van der Waals surface area (Å²) in [6, 6.07) is 7.46. The SMILES string of the molecule is OC[C@H](Cc1ccc(O)cc1)NC(=S)N[C@H]1C[C@H]2CC[C@H]1C2. The molecule has 3 rings (SSSR count). The van der Waals surface area contributed by atoms with Gasteiger partial charge in [-0.05, 0) is 67.4 Å². The van der Waals surface area contributed by atoms with Crippen LogP contribution in [-0.2, 0) is 6.42 Å². The van der Waals surface area contributed by atoms with Crippen molar-refractivity contribution in [3.8, 4) is 5.75 Å². The molecular formula is C17H24N2O2S. The first kappa shape index (κ1) is 15.6. The average Bonchev–Trinajstić information content (AvgIpc) is 3.11. The zero-order chi connectivity index (χ0) is 15.5. The van der Waals surface area contributed by atoms with Crippen LogP contribution in [0.1, 0.15) is 31.2 Å². The predicted molar refractivity (Wildman–Crippen MR) is 90.8 cm³/mol. The number of fused-ring (bicyclic) bond motifs is 2. The third-order valence-corrected chi connectivity index (χ3v) is 5.26. The lowest BCUT2D eigenvalue weighted by Gasteiger charge is -2.26. The summed E-state index contributed by atoms with van der Waals surface area (Å²) in [7, 11) is 0. The first-order valence-electron chi connectivity index (χ1n) is 8.10. The van der Waals surface area contributed by atoms with Gasteiger partial charge in [0, 0.05) is 6.04 Å². The van der Waals surface area contributed by atoms with Crippen molar-refractivity contribution in [2.75, 3.05) is 6.61 Å². The van der Waals surface area contributed by atoms with E-state index >= 15 is 0 Å². The van der Waals surface area contributed by atoms with E-state index in [0.717, 1.165) is 17.4 Å². The Labute approximate surface area is 136 Å². The summed E-state index contributed by atoms with van der Waals surface area (Å²) in [5, 5.41) is 26.2. The van der Waals surface area contributed by atoms with Crippen LogP contribution in [0.3, 0.4) is 0 Å². The second-order valence-corrected chi connectivity index (χ2v) is 7.06. The number of hydrogen-bond donors (Lipinski definition) is 4. The van der Waals surface area contributed by atoms with Crippen LogP contribution in [0.2, 0.25) is 0 Å². The van der Waals surface area contributed by atoms with Crippen LogP contribution in [0.25, 0.3) is 0 Å². The normalized spacial score (nSPS) is 27.6. The first-order chi connectivity index (χ1) is 10.6. The zero-order valence-electron chi connectivity index (χ0n) is 12.7. The van der Waals surface area contributed by atoms with E-state index in [0.29, 0.717) is 17.6 Å². The predicted octanol–water partition coefficient (Wildman–Crippen LogP) is 1.95. The number of hydrogen-bond acceptors (Lipinski definition) is 3. The summed E-state index contributed by atoms with van der Waals surface area (Å²) >= 11 is 5.41. The van der Waals surface area contributed by atoms with Crippen LogP contribution in [0.4, 0.5) is 0 Å². The van der Waals surface area contributed by atoms with E-state index in [2.05, 4.69) is 10.6 Å². The summed E-state index contributed by atoms with van der Waals surface area (Å²) in [6.45, 7) is 0.0272. The highest BCUT2D eigenvalue weighted by molar-refractivity contribution is 7.80. The van der Waals surface area contributed by atoms with Gasteiger partial charge in [-0.2, -0.15) is 0 Å². The summed E-state index contributed by atoms with van der Waals surface area (Å²) in [4.78, 5) is 0. The van der Waals surface area contributed by atoms with E-state index in [1.807, 2.05) is 12.1 Å². The van der Waals surface area contributed by atoms with E-state index < -0.39 is 0 Å². The molecule has 2 bridgehead atoms. The van der Waals surface area contributed by atoms with Gasteiger partial charge >= 0.3 is 0 Å². The third-order valence-electron chi connectivity index (χ3n) is 5.03. The Morgan fingerprint density at radius 2 is 2.00 bits per heavy atom. The molecule has 0 spiro atoms. The largest absolute Gasteiger partial charge is 0.508 e. The van der Waals surface area contributed by atoms with Crippen molar-refractivity contribution in [1.29, 1.82) is 0 Å². The number of thiocarbonyl (C=S) groups is 1. The number of rotatable bonds is 5. The Morgan fingerprint density at radius 3 is 2.59 bits per heavy atom. The molecule has 1 aromatic carbocycles. The van der Waals surface area contributed by atoms with Crippen LogP contribution in [0.5, 0.6) is 5.75 Å². The van der Waals surface area contributed by atoms with Crippen molar-refractivity contribution in [1.82, 2.24) is 10.6 Å². The number of aromatic hydroxyl groups is 1. The highest BCUT2D eigenvalue weighted by Gasteiger charge is 2.39. The first-order valence-corrected chi connectivity index (χ1v) is 8.50. The van der Waals surface area contributed by atoms with Crippen molar-refractivity contribution in [3.63, 3.8) is 0 Å². The molecule has 0 amide bonds. The summed E-state index contributed by atoms with van der Waals surface area (Å²) in [6.07, 6.45) is 5.95.